The number of aromatic nitrogens is 4. The number of rotatable bonds is 11. The minimum absolute atomic E-state index is 0. The minimum atomic E-state index is -0.434. The molecule has 0 saturated heterocycles. The molecule has 0 N–H and O–H groups in total. The molecule has 0 aliphatic heterocycles. The Morgan fingerprint density at radius 2 is 0.938 bits per heavy atom. The number of hydrogen-bond acceptors (Lipinski definition) is 2. The second kappa shape index (κ2) is 21.2. The summed E-state index contributed by atoms with van der Waals surface area (Å²) < 4.78 is 14.3. The van der Waals surface area contributed by atoms with Crippen molar-refractivity contribution in [1.29, 1.82) is 0 Å². The van der Waals surface area contributed by atoms with Gasteiger partial charge < -0.3 is 13.9 Å². The largest absolute Gasteiger partial charge is 0.510 e. The third kappa shape index (κ3) is 11.2. The molecule has 0 aliphatic carbocycles. The van der Waals surface area contributed by atoms with Gasteiger partial charge in [-0.05, 0) is 102 Å². The number of ether oxygens (including phenoxy) is 1. The Bertz CT molecular complexity index is 3840. The molecule has 5 nitrogen and oxygen atoms in total. The fourth-order valence-electron chi connectivity index (χ4n) is 11.7. The van der Waals surface area contributed by atoms with Crippen molar-refractivity contribution < 1.29 is 30.4 Å². The van der Waals surface area contributed by atoms with Crippen LogP contribution in [0.2, 0.25) is 0 Å². The molecule has 81 heavy (non-hydrogen) atoms. The van der Waals surface area contributed by atoms with E-state index < -0.39 is 5.41 Å². The van der Waals surface area contributed by atoms with Gasteiger partial charge in [0.25, 0.3) is 6.33 Å². The van der Waals surface area contributed by atoms with Crippen LogP contribution in [0.25, 0.3) is 39.0 Å². The minimum Gasteiger partial charge on any atom is -0.510 e. The van der Waals surface area contributed by atoms with Crippen molar-refractivity contribution >= 4 is 21.8 Å². The SMILES string of the molecule is CC(C)(C)c1ccnc(-n2c3[c-]c(Oc4[c-]c(-n5[c-][n+](-c6cc(C(C)(C)c7ccccc7)cc(C(C)(C)c7ccccc7)c6)c(C(C)(C)C)c5C(C)(C)C)cc(C(C)(C)c5ccccc5)c4)cc(C(C)(C)C)c3c3ccccc32)c1.[Pt]. The summed E-state index contributed by atoms with van der Waals surface area (Å²) in [5.74, 6) is 2.06. The van der Waals surface area contributed by atoms with E-state index in [1.54, 1.807) is 0 Å². The van der Waals surface area contributed by atoms with Crippen molar-refractivity contribution in [1.82, 2.24) is 14.1 Å². The second-order valence-electron chi connectivity index (χ2n) is 28.0. The Morgan fingerprint density at radius 1 is 0.444 bits per heavy atom. The van der Waals surface area contributed by atoms with E-state index in [-0.39, 0.29) is 53.6 Å². The monoisotopic (exact) mass is 1250 g/mol. The number of nitrogens with zero attached hydrogens (tertiary/aromatic N) is 4. The quantitative estimate of drug-likeness (QED) is 0.0956. The topological polar surface area (TPSA) is 35.9 Å². The van der Waals surface area contributed by atoms with Gasteiger partial charge in [-0.2, -0.15) is 6.07 Å². The molecule has 7 aromatic carbocycles. The summed E-state index contributed by atoms with van der Waals surface area (Å²) in [6.07, 6.45) is 6.01. The standard InChI is InChI=1S/C75H82N4O.Pt/c1-69(2,3)53-38-39-76-65(45-53)79-63-37-29-28-36-61(63)66-62(70(4,5)6)47-60(48-64(66)79)80-59-44-56(75(17,18)52-34-26-21-27-35-52)43-58(46-59)78-49-77(67(71(7,8)9)68(78)72(10,11)12)57-41-54(73(13,14)50-30-22-19-23-31-50)40-55(42-57)74(15,16)51-32-24-20-25-33-51;/h19-45,47H,1-18H3;/q-2;. The molecule has 3 aromatic heterocycles. The van der Waals surface area contributed by atoms with Crippen molar-refractivity contribution in [2.24, 2.45) is 0 Å². The Morgan fingerprint density at radius 3 is 1.43 bits per heavy atom. The van der Waals surface area contributed by atoms with Crippen LogP contribution in [0.15, 0.2) is 170 Å². The van der Waals surface area contributed by atoms with Crippen molar-refractivity contribution in [2.45, 2.75) is 163 Å². The molecule has 10 rings (SSSR count). The Hall–Kier alpha value is -6.81. The Kier molecular flexibility index (Phi) is 15.4. The molecule has 0 unspecified atom stereocenters. The maximum absolute atomic E-state index is 7.35. The van der Waals surface area contributed by atoms with E-state index >= 15 is 0 Å². The zero-order valence-electron chi connectivity index (χ0n) is 51.2. The van der Waals surface area contributed by atoms with Gasteiger partial charge in [0, 0.05) is 55.1 Å². The van der Waals surface area contributed by atoms with Gasteiger partial charge in [-0.15, -0.1) is 35.4 Å². The predicted octanol–water partition coefficient (Wildman–Crippen LogP) is 18.6. The van der Waals surface area contributed by atoms with Crippen LogP contribution in [0.4, 0.5) is 0 Å². The summed E-state index contributed by atoms with van der Waals surface area (Å²) in [5, 5.41) is 2.30. The van der Waals surface area contributed by atoms with Gasteiger partial charge in [-0.25, -0.2) is 4.98 Å². The van der Waals surface area contributed by atoms with Crippen LogP contribution in [0.5, 0.6) is 11.5 Å². The average molecular weight is 1250 g/mol. The summed E-state index contributed by atoms with van der Waals surface area (Å²) in [5.41, 5.74) is 13.8. The van der Waals surface area contributed by atoms with E-state index in [1.165, 1.54) is 44.6 Å². The fourth-order valence-corrected chi connectivity index (χ4v) is 11.7. The normalized spacial score (nSPS) is 13.0. The third-order valence-electron chi connectivity index (χ3n) is 16.7. The summed E-state index contributed by atoms with van der Waals surface area (Å²) in [4.78, 5) is 5.04. The molecule has 0 spiro atoms. The van der Waals surface area contributed by atoms with Crippen molar-refractivity contribution in [3.63, 3.8) is 0 Å². The zero-order chi connectivity index (χ0) is 57.5. The van der Waals surface area contributed by atoms with Crippen LogP contribution in [0, 0.1) is 18.5 Å². The number of fused-ring (bicyclic) bond motifs is 3. The van der Waals surface area contributed by atoms with Crippen molar-refractivity contribution in [3.05, 3.63) is 244 Å². The molecular formula is C75H82N4OPt-2. The van der Waals surface area contributed by atoms with Gasteiger partial charge in [0.2, 0.25) is 0 Å². The number of pyridine rings is 1. The van der Waals surface area contributed by atoms with Crippen LogP contribution >= 0.6 is 0 Å². The molecule has 0 atom stereocenters. The molecular weight excluding hydrogens is 1170 g/mol. The summed E-state index contributed by atoms with van der Waals surface area (Å²) in [6, 6.07) is 67.3. The van der Waals surface area contributed by atoms with Crippen LogP contribution in [-0.4, -0.2) is 14.1 Å². The summed E-state index contributed by atoms with van der Waals surface area (Å²) in [7, 11) is 0. The smallest absolute Gasteiger partial charge is 0.267 e. The van der Waals surface area contributed by atoms with E-state index in [0.717, 1.165) is 50.3 Å². The first-order valence-electron chi connectivity index (χ1n) is 28.6. The molecule has 10 aromatic rings. The first kappa shape index (κ1) is 58.8. The average Bonchev–Trinajstić information content (AvgIpc) is 4.19. The number of hydrogen-bond donors (Lipinski definition) is 0. The molecule has 6 heteroatoms. The van der Waals surface area contributed by atoms with Gasteiger partial charge in [0.1, 0.15) is 5.82 Å². The van der Waals surface area contributed by atoms with E-state index in [0.29, 0.717) is 11.5 Å². The van der Waals surface area contributed by atoms with Crippen molar-refractivity contribution in [2.75, 3.05) is 0 Å². The van der Waals surface area contributed by atoms with Crippen LogP contribution in [-0.2, 0) is 59.0 Å². The van der Waals surface area contributed by atoms with Gasteiger partial charge in [0.15, 0.2) is 0 Å². The summed E-state index contributed by atoms with van der Waals surface area (Å²) >= 11 is 0. The molecule has 0 bridgehead atoms. The van der Waals surface area contributed by atoms with Gasteiger partial charge in [0.05, 0.1) is 17.1 Å². The Labute approximate surface area is 498 Å². The first-order chi connectivity index (χ1) is 37.5. The predicted molar refractivity (Wildman–Crippen MR) is 333 cm³/mol. The Balaban J connectivity index is 0.00000792. The number of imidazole rings is 1. The molecule has 0 radical (unpaired) electrons. The molecule has 0 amide bonds. The van der Waals surface area contributed by atoms with E-state index in [2.05, 4.69) is 321 Å². The maximum Gasteiger partial charge on any atom is 0.267 e. The third-order valence-corrected chi connectivity index (χ3v) is 16.7. The van der Waals surface area contributed by atoms with E-state index in [4.69, 9.17) is 9.72 Å². The molecule has 420 valence electrons. The van der Waals surface area contributed by atoms with E-state index in [9.17, 15) is 0 Å². The van der Waals surface area contributed by atoms with Crippen LogP contribution < -0.4 is 9.30 Å². The molecule has 3 heterocycles. The van der Waals surface area contributed by atoms with E-state index in [1.807, 2.05) is 6.20 Å². The first-order valence-corrected chi connectivity index (χ1v) is 28.6. The van der Waals surface area contributed by atoms with Crippen molar-refractivity contribution in [3.8, 4) is 28.7 Å². The van der Waals surface area contributed by atoms with Crippen LogP contribution in [0.3, 0.4) is 0 Å². The molecule has 0 fully saturated rings. The number of benzene rings is 7. The van der Waals surface area contributed by atoms with Gasteiger partial charge in [-0.3, -0.25) is 4.57 Å². The number of para-hydroxylation sites is 1. The zero-order valence-corrected chi connectivity index (χ0v) is 53.5. The molecule has 0 aliphatic rings. The maximum atomic E-state index is 7.35. The molecule has 0 saturated carbocycles. The second-order valence-corrected chi connectivity index (χ2v) is 28.0. The van der Waals surface area contributed by atoms with Crippen LogP contribution in [0.1, 0.15) is 181 Å². The van der Waals surface area contributed by atoms with Gasteiger partial charge in [-0.1, -0.05) is 251 Å². The fraction of sp³-hybridized carbons (Fsp3) is 0.333. The summed E-state index contributed by atoms with van der Waals surface area (Å²) in [6.45, 7) is 41.6. The van der Waals surface area contributed by atoms with Gasteiger partial charge >= 0.3 is 0 Å².